The summed E-state index contributed by atoms with van der Waals surface area (Å²) in [5.74, 6) is -0.0426. The lowest BCUT2D eigenvalue weighted by Crippen LogP contribution is -2.13. The molecule has 0 aliphatic heterocycles. The Kier molecular flexibility index (Phi) is 1.98. The van der Waals surface area contributed by atoms with E-state index in [4.69, 9.17) is 11.1 Å². The van der Waals surface area contributed by atoms with E-state index in [-0.39, 0.29) is 5.84 Å². The minimum Gasteiger partial charge on any atom is -0.382 e. The van der Waals surface area contributed by atoms with E-state index in [1.807, 2.05) is 12.3 Å². The fourth-order valence-electron chi connectivity index (χ4n) is 1.13. The molecule has 2 aromatic rings. The van der Waals surface area contributed by atoms with E-state index < -0.39 is 0 Å². The standard InChI is InChI=1S/C9H9N5/c10-9(11)8-6-7(2-4-12-8)14-5-1-3-13-14/h1-6H,(H3,10,11). The number of pyridine rings is 1. The first-order valence-corrected chi connectivity index (χ1v) is 4.08. The number of hydrogen-bond acceptors (Lipinski definition) is 3. The Morgan fingerprint density at radius 3 is 2.93 bits per heavy atom. The van der Waals surface area contributed by atoms with E-state index in [1.165, 1.54) is 0 Å². The van der Waals surface area contributed by atoms with Gasteiger partial charge in [-0.05, 0) is 18.2 Å². The third-order valence-electron chi connectivity index (χ3n) is 1.79. The van der Waals surface area contributed by atoms with Crippen molar-refractivity contribution in [2.24, 2.45) is 5.73 Å². The third kappa shape index (κ3) is 1.47. The summed E-state index contributed by atoms with van der Waals surface area (Å²) in [6, 6.07) is 5.35. The maximum absolute atomic E-state index is 7.24. The molecule has 0 saturated heterocycles. The van der Waals surface area contributed by atoms with Crippen molar-refractivity contribution in [1.29, 1.82) is 5.41 Å². The van der Waals surface area contributed by atoms with Crippen molar-refractivity contribution >= 4 is 5.84 Å². The number of nitrogens with zero attached hydrogens (tertiary/aromatic N) is 3. The highest BCUT2D eigenvalue weighted by Crippen LogP contribution is 2.06. The topological polar surface area (TPSA) is 80.6 Å². The van der Waals surface area contributed by atoms with Crippen molar-refractivity contribution in [3.63, 3.8) is 0 Å². The fourth-order valence-corrected chi connectivity index (χ4v) is 1.13. The normalized spacial score (nSPS) is 10.0. The van der Waals surface area contributed by atoms with Gasteiger partial charge < -0.3 is 5.73 Å². The SMILES string of the molecule is N=C(N)c1cc(-n2cccn2)ccn1. The van der Waals surface area contributed by atoms with E-state index in [0.29, 0.717) is 5.69 Å². The third-order valence-corrected chi connectivity index (χ3v) is 1.79. The Labute approximate surface area is 80.7 Å². The molecule has 0 bridgehead atoms. The first-order valence-electron chi connectivity index (χ1n) is 4.08. The van der Waals surface area contributed by atoms with Crippen LogP contribution in [0.5, 0.6) is 0 Å². The Morgan fingerprint density at radius 2 is 2.29 bits per heavy atom. The Hall–Kier alpha value is -2.17. The van der Waals surface area contributed by atoms with Crippen molar-refractivity contribution in [3.8, 4) is 5.69 Å². The molecule has 5 nitrogen and oxygen atoms in total. The minimum absolute atomic E-state index is 0.0426. The highest BCUT2D eigenvalue weighted by Gasteiger charge is 2.01. The summed E-state index contributed by atoms with van der Waals surface area (Å²) < 4.78 is 1.69. The summed E-state index contributed by atoms with van der Waals surface area (Å²) in [4.78, 5) is 3.96. The van der Waals surface area contributed by atoms with E-state index in [0.717, 1.165) is 5.69 Å². The summed E-state index contributed by atoms with van der Waals surface area (Å²) in [5, 5.41) is 11.3. The monoisotopic (exact) mass is 187 g/mol. The summed E-state index contributed by atoms with van der Waals surface area (Å²) in [6.45, 7) is 0. The van der Waals surface area contributed by atoms with Crippen molar-refractivity contribution in [3.05, 3.63) is 42.5 Å². The van der Waals surface area contributed by atoms with Gasteiger partial charge in [0, 0.05) is 18.6 Å². The zero-order valence-corrected chi connectivity index (χ0v) is 7.38. The molecule has 0 aromatic carbocycles. The predicted molar refractivity (Wildman–Crippen MR) is 52.4 cm³/mol. The summed E-state index contributed by atoms with van der Waals surface area (Å²) in [7, 11) is 0. The van der Waals surface area contributed by atoms with Gasteiger partial charge in [-0.25, -0.2) is 4.68 Å². The lowest BCUT2D eigenvalue weighted by atomic mass is 10.3. The molecule has 5 heteroatoms. The van der Waals surface area contributed by atoms with Crippen LogP contribution in [0.4, 0.5) is 0 Å². The molecule has 0 radical (unpaired) electrons. The van der Waals surface area contributed by atoms with E-state index in [1.54, 1.807) is 29.2 Å². The van der Waals surface area contributed by atoms with Gasteiger partial charge in [0.05, 0.1) is 5.69 Å². The van der Waals surface area contributed by atoms with Crippen LogP contribution >= 0.6 is 0 Å². The van der Waals surface area contributed by atoms with Crippen LogP contribution in [0.25, 0.3) is 5.69 Å². The molecule has 0 amide bonds. The molecule has 0 saturated carbocycles. The summed E-state index contributed by atoms with van der Waals surface area (Å²) in [5.41, 5.74) is 6.63. The molecule has 0 fully saturated rings. The zero-order chi connectivity index (χ0) is 9.97. The smallest absolute Gasteiger partial charge is 0.141 e. The summed E-state index contributed by atoms with van der Waals surface area (Å²) >= 11 is 0. The zero-order valence-electron chi connectivity index (χ0n) is 7.38. The van der Waals surface area contributed by atoms with Crippen LogP contribution in [0.15, 0.2) is 36.8 Å². The van der Waals surface area contributed by atoms with Crippen LogP contribution in [-0.4, -0.2) is 20.6 Å². The quantitative estimate of drug-likeness (QED) is 0.532. The fraction of sp³-hybridized carbons (Fsp3) is 0. The Balaban J connectivity index is 2.46. The van der Waals surface area contributed by atoms with Gasteiger partial charge in [0.2, 0.25) is 0 Å². The van der Waals surface area contributed by atoms with Gasteiger partial charge in [-0.15, -0.1) is 0 Å². The van der Waals surface area contributed by atoms with Crippen molar-refractivity contribution in [2.45, 2.75) is 0 Å². The molecule has 2 aromatic heterocycles. The van der Waals surface area contributed by atoms with Crippen LogP contribution in [0, 0.1) is 5.41 Å². The maximum atomic E-state index is 7.24. The molecular weight excluding hydrogens is 178 g/mol. The predicted octanol–water partition coefficient (Wildman–Crippen LogP) is 0.551. The van der Waals surface area contributed by atoms with Crippen LogP contribution < -0.4 is 5.73 Å². The van der Waals surface area contributed by atoms with Crippen LogP contribution in [0.2, 0.25) is 0 Å². The van der Waals surface area contributed by atoms with Crippen molar-refractivity contribution < 1.29 is 0 Å². The summed E-state index contributed by atoms with van der Waals surface area (Å²) in [6.07, 6.45) is 5.11. The molecule has 2 heterocycles. The molecule has 0 spiro atoms. The highest BCUT2D eigenvalue weighted by atomic mass is 15.3. The molecule has 0 aliphatic carbocycles. The first kappa shape index (κ1) is 8.43. The number of rotatable bonds is 2. The number of hydrogen-bond donors (Lipinski definition) is 2. The van der Waals surface area contributed by atoms with Gasteiger partial charge in [-0.3, -0.25) is 10.4 Å². The first-order chi connectivity index (χ1) is 6.77. The Bertz CT molecular complexity index is 446. The van der Waals surface area contributed by atoms with Crippen LogP contribution in [0.1, 0.15) is 5.69 Å². The van der Waals surface area contributed by atoms with E-state index >= 15 is 0 Å². The number of amidine groups is 1. The lowest BCUT2D eigenvalue weighted by molar-refractivity contribution is 0.877. The molecule has 0 atom stereocenters. The maximum Gasteiger partial charge on any atom is 0.141 e. The van der Waals surface area contributed by atoms with Gasteiger partial charge >= 0.3 is 0 Å². The Morgan fingerprint density at radius 1 is 1.43 bits per heavy atom. The van der Waals surface area contributed by atoms with Crippen molar-refractivity contribution in [1.82, 2.24) is 14.8 Å². The van der Waals surface area contributed by atoms with Gasteiger partial charge in [0.25, 0.3) is 0 Å². The minimum atomic E-state index is -0.0426. The number of nitrogens with one attached hydrogen (secondary N) is 1. The van der Waals surface area contributed by atoms with E-state index in [9.17, 15) is 0 Å². The highest BCUT2D eigenvalue weighted by molar-refractivity contribution is 5.93. The molecule has 14 heavy (non-hydrogen) atoms. The van der Waals surface area contributed by atoms with Gasteiger partial charge in [-0.2, -0.15) is 5.10 Å². The average molecular weight is 187 g/mol. The lowest BCUT2D eigenvalue weighted by Gasteiger charge is -2.02. The second kappa shape index (κ2) is 3.29. The largest absolute Gasteiger partial charge is 0.382 e. The number of aromatic nitrogens is 3. The van der Waals surface area contributed by atoms with Gasteiger partial charge in [-0.1, -0.05) is 0 Å². The van der Waals surface area contributed by atoms with E-state index in [2.05, 4.69) is 10.1 Å². The van der Waals surface area contributed by atoms with Gasteiger partial charge in [0.1, 0.15) is 11.5 Å². The van der Waals surface area contributed by atoms with Crippen LogP contribution in [-0.2, 0) is 0 Å². The molecule has 2 rings (SSSR count). The van der Waals surface area contributed by atoms with Crippen LogP contribution in [0.3, 0.4) is 0 Å². The molecule has 70 valence electrons. The second-order valence-electron chi connectivity index (χ2n) is 2.76. The number of nitrogens with two attached hydrogens (primary N) is 1. The average Bonchev–Trinajstić information content (AvgIpc) is 2.71. The number of nitrogen functional groups attached to an aromatic ring is 1. The molecule has 3 N–H and O–H groups in total. The van der Waals surface area contributed by atoms with Gasteiger partial charge in [0.15, 0.2) is 0 Å². The molecule has 0 aliphatic rings. The molecule has 0 unspecified atom stereocenters. The molecular formula is C9H9N5. The van der Waals surface area contributed by atoms with Crippen molar-refractivity contribution in [2.75, 3.05) is 0 Å². The second-order valence-corrected chi connectivity index (χ2v) is 2.76.